The smallest absolute Gasteiger partial charge is 0.305 e. The van der Waals surface area contributed by atoms with Crippen LogP contribution in [0.1, 0.15) is 32.0 Å². The number of benzene rings is 2. The number of nitrogens with one attached hydrogen (secondary N) is 2. The van der Waals surface area contributed by atoms with Gasteiger partial charge in [-0.15, -0.1) is 0 Å². The molecule has 0 bridgehead atoms. The summed E-state index contributed by atoms with van der Waals surface area (Å²) < 4.78 is 5.53. The Hall–Kier alpha value is -3.28. The fourth-order valence-corrected chi connectivity index (χ4v) is 2.47. The van der Waals surface area contributed by atoms with E-state index in [9.17, 15) is 14.7 Å². The fraction of sp³-hybridized carbons (Fsp3) is 0.111. The number of fused-ring (bicyclic) bond motifs is 1. The number of phenols is 1. The van der Waals surface area contributed by atoms with Crippen LogP contribution >= 0.6 is 0 Å². The lowest BCUT2D eigenvalue weighted by Crippen LogP contribution is -2.41. The Balaban J connectivity index is 1.76. The summed E-state index contributed by atoms with van der Waals surface area (Å²) in [6.07, 6.45) is 0. The molecule has 0 unspecified atom stereocenters. The highest BCUT2D eigenvalue weighted by Crippen LogP contribution is 2.24. The summed E-state index contributed by atoms with van der Waals surface area (Å²) in [5, 5.41) is 10.7. The minimum atomic E-state index is -0.613. The van der Waals surface area contributed by atoms with Crippen LogP contribution in [0.3, 0.4) is 0 Å². The van der Waals surface area contributed by atoms with Gasteiger partial charge in [-0.3, -0.25) is 20.4 Å². The Morgan fingerprint density at radius 3 is 2.42 bits per heavy atom. The Kier molecular flexibility index (Phi) is 3.95. The molecule has 2 aromatic carbocycles. The van der Waals surface area contributed by atoms with Crippen molar-refractivity contribution in [1.29, 1.82) is 0 Å². The second-order valence-corrected chi connectivity index (χ2v) is 5.43. The van der Waals surface area contributed by atoms with Gasteiger partial charge in [0.25, 0.3) is 5.91 Å². The summed E-state index contributed by atoms with van der Waals surface area (Å²) in [4.78, 5) is 24.3. The summed E-state index contributed by atoms with van der Waals surface area (Å²) in [5.74, 6) is -1.17. The van der Waals surface area contributed by atoms with Crippen LogP contribution in [-0.2, 0) is 0 Å². The zero-order chi connectivity index (χ0) is 17.3. The third-order valence-electron chi connectivity index (χ3n) is 3.82. The molecule has 0 radical (unpaired) electrons. The number of hydrogen-bond donors (Lipinski definition) is 3. The molecule has 0 saturated heterocycles. The molecule has 3 N–H and O–H groups in total. The molecule has 1 heterocycles. The van der Waals surface area contributed by atoms with E-state index < -0.39 is 11.8 Å². The third kappa shape index (κ3) is 2.69. The molecule has 6 heteroatoms. The van der Waals surface area contributed by atoms with Gasteiger partial charge in [0.05, 0.1) is 5.56 Å². The Morgan fingerprint density at radius 1 is 0.958 bits per heavy atom. The summed E-state index contributed by atoms with van der Waals surface area (Å²) in [6.45, 7) is 3.46. The predicted octanol–water partition coefficient (Wildman–Crippen LogP) is 2.83. The van der Waals surface area contributed by atoms with Gasteiger partial charge in [-0.25, -0.2) is 0 Å². The second-order valence-electron chi connectivity index (χ2n) is 5.43. The van der Waals surface area contributed by atoms with E-state index in [4.69, 9.17) is 4.42 Å². The summed E-state index contributed by atoms with van der Waals surface area (Å²) in [7, 11) is 0. The SMILES string of the molecule is Cc1cccc(C(=O)NNC(=O)c2oc3ccccc3c2C)c1O. The van der Waals surface area contributed by atoms with E-state index in [0.717, 1.165) is 5.39 Å². The van der Waals surface area contributed by atoms with Crippen LogP contribution in [0, 0.1) is 13.8 Å². The van der Waals surface area contributed by atoms with Crippen molar-refractivity contribution in [3.63, 3.8) is 0 Å². The maximum atomic E-state index is 12.2. The van der Waals surface area contributed by atoms with E-state index >= 15 is 0 Å². The van der Waals surface area contributed by atoms with E-state index in [2.05, 4.69) is 10.9 Å². The first-order valence-corrected chi connectivity index (χ1v) is 7.36. The lowest BCUT2D eigenvalue weighted by Gasteiger charge is -2.09. The number of phenolic OH excluding ortho intramolecular Hbond substituents is 1. The average molecular weight is 324 g/mol. The van der Waals surface area contributed by atoms with Gasteiger partial charge in [0.15, 0.2) is 5.76 Å². The number of hydrogen-bond acceptors (Lipinski definition) is 4. The van der Waals surface area contributed by atoms with Gasteiger partial charge < -0.3 is 9.52 Å². The lowest BCUT2D eigenvalue weighted by molar-refractivity contribution is 0.0830. The van der Waals surface area contributed by atoms with E-state index in [1.54, 1.807) is 32.0 Å². The van der Waals surface area contributed by atoms with Gasteiger partial charge in [0, 0.05) is 10.9 Å². The number of rotatable bonds is 2. The molecule has 1 aromatic heterocycles. The van der Waals surface area contributed by atoms with Crippen LogP contribution in [0.25, 0.3) is 11.0 Å². The van der Waals surface area contributed by atoms with Gasteiger partial charge >= 0.3 is 5.91 Å². The molecule has 3 aromatic rings. The number of carbonyl (C=O) groups is 2. The Labute approximate surface area is 138 Å². The maximum Gasteiger partial charge on any atom is 0.305 e. The van der Waals surface area contributed by atoms with E-state index in [1.807, 2.05) is 18.2 Å². The summed E-state index contributed by atoms with van der Waals surface area (Å²) >= 11 is 0. The Morgan fingerprint density at radius 2 is 1.67 bits per heavy atom. The van der Waals surface area contributed by atoms with Gasteiger partial charge in [0.1, 0.15) is 11.3 Å². The van der Waals surface area contributed by atoms with Crippen LogP contribution in [0.4, 0.5) is 0 Å². The minimum absolute atomic E-state index is 0.0802. The Bertz CT molecular complexity index is 943. The average Bonchev–Trinajstić information content (AvgIpc) is 2.92. The largest absolute Gasteiger partial charge is 0.507 e. The third-order valence-corrected chi connectivity index (χ3v) is 3.82. The highest BCUT2D eigenvalue weighted by Gasteiger charge is 2.19. The van der Waals surface area contributed by atoms with Crippen molar-refractivity contribution >= 4 is 22.8 Å². The maximum absolute atomic E-state index is 12.2. The number of aryl methyl sites for hydroxylation is 2. The van der Waals surface area contributed by atoms with Crippen molar-refractivity contribution in [3.8, 4) is 5.75 Å². The van der Waals surface area contributed by atoms with Crippen molar-refractivity contribution in [2.45, 2.75) is 13.8 Å². The topological polar surface area (TPSA) is 91.6 Å². The van der Waals surface area contributed by atoms with Crippen LogP contribution in [0.5, 0.6) is 5.75 Å². The number of aromatic hydroxyl groups is 1. The molecule has 122 valence electrons. The van der Waals surface area contributed by atoms with Crippen LogP contribution in [-0.4, -0.2) is 16.9 Å². The van der Waals surface area contributed by atoms with Crippen LogP contribution in [0.2, 0.25) is 0 Å². The standard InChI is InChI=1S/C18H16N2O4/c1-10-6-5-8-13(15(10)21)17(22)19-20-18(23)16-11(2)12-7-3-4-9-14(12)24-16/h3-9,21H,1-2H3,(H,19,22)(H,20,23). The molecule has 0 spiro atoms. The molecule has 0 saturated carbocycles. The van der Waals surface area contributed by atoms with Crippen LogP contribution < -0.4 is 10.9 Å². The first-order chi connectivity index (χ1) is 11.5. The normalized spacial score (nSPS) is 10.6. The summed E-state index contributed by atoms with van der Waals surface area (Å²) in [5.41, 5.74) is 6.52. The lowest BCUT2D eigenvalue weighted by atomic mass is 10.1. The highest BCUT2D eigenvalue weighted by molar-refractivity contribution is 6.02. The molecular formula is C18H16N2O4. The van der Waals surface area contributed by atoms with E-state index in [1.165, 1.54) is 6.07 Å². The van der Waals surface area contributed by atoms with Crippen molar-refractivity contribution in [1.82, 2.24) is 10.9 Å². The van der Waals surface area contributed by atoms with E-state index in [0.29, 0.717) is 16.7 Å². The zero-order valence-corrected chi connectivity index (χ0v) is 13.2. The molecule has 0 aliphatic carbocycles. The molecule has 2 amide bonds. The summed E-state index contributed by atoms with van der Waals surface area (Å²) in [6, 6.07) is 12.1. The van der Waals surface area contributed by atoms with Gasteiger partial charge in [-0.2, -0.15) is 0 Å². The molecule has 3 rings (SSSR count). The van der Waals surface area contributed by atoms with Gasteiger partial charge in [-0.1, -0.05) is 30.3 Å². The number of amides is 2. The fourth-order valence-electron chi connectivity index (χ4n) is 2.47. The minimum Gasteiger partial charge on any atom is -0.507 e. The number of furan rings is 1. The quantitative estimate of drug-likeness (QED) is 0.632. The second kappa shape index (κ2) is 6.08. The molecule has 24 heavy (non-hydrogen) atoms. The molecular weight excluding hydrogens is 308 g/mol. The molecule has 0 aliphatic rings. The van der Waals surface area contributed by atoms with Gasteiger partial charge in [0.2, 0.25) is 0 Å². The molecule has 0 aliphatic heterocycles. The molecule has 0 fully saturated rings. The highest BCUT2D eigenvalue weighted by atomic mass is 16.3. The zero-order valence-electron chi connectivity index (χ0n) is 13.2. The van der Waals surface area contributed by atoms with Crippen molar-refractivity contribution in [2.75, 3.05) is 0 Å². The number of para-hydroxylation sites is 2. The van der Waals surface area contributed by atoms with Crippen molar-refractivity contribution in [3.05, 3.63) is 64.9 Å². The first kappa shape index (κ1) is 15.6. The number of hydrazine groups is 1. The van der Waals surface area contributed by atoms with Gasteiger partial charge in [-0.05, 0) is 31.5 Å². The molecule has 6 nitrogen and oxygen atoms in total. The van der Waals surface area contributed by atoms with Crippen molar-refractivity contribution in [2.24, 2.45) is 0 Å². The number of carbonyl (C=O) groups excluding carboxylic acids is 2. The van der Waals surface area contributed by atoms with Crippen molar-refractivity contribution < 1.29 is 19.1 Å². The monoisotopic (exact) mass is 324 g/mol. The van der Waals surface area contributed by atoms with E-state index in [-0.39, 0.29) is 17.1 Å². The predicted molar refractivity (Wildman–Crippen MR) is 88.7 cm³/mol. The van der Waals surface area contributed by atoms with Crippen LogP contribution in [0.15, 0.2) is 46.9 Å². The molecule has 0 atom stereocenters. The first-order valence-electron chi connectivity index (χ1n) is 7.36.